The number of pyridine rings is 1. The molecule has 130 valence electrons. The van der Waals surface area contributed by atoms with E-state index in [0.29, 0.717) is 23.4 Å². The van der Waals surface area contributed by atoms with Crippen LogP contribution in [0.5, 0.6) is 0 Å². The van der Waals surface area contributed by atoms with Crippen LogP contribution in [0.15, 0.2) is 42.6 Å². The van der Waals surface area contributed by atoms with Gasteiger partial charge in [-0.25, -0.2) is 4.98 Å². The topological polar surface area (TPSA) is 50.3 Å². The molecule has 4 nitrogen and oxygen atoms in total. The molecule has 1 saturated carbocycles. The second-order valence-electron chi connectivity index (χ2n) is 6.18. The summed E-state index contributed by atoms with van der Waals surface area (Å²) in [7, 11) is 1.64. The third-order valence-electron chi connectivity index (χ3n) is 4.84. The molecule has 3 rings (SSSR count). The van der Waals surface area contributed by atoms with Crippen LogP contribution in [0.4, 0.5) is 0 Å². The van der Waals surface area contributed by atoms with Crippen LogP contribution in [0.2, 0.25) is 10.2 Å². The number of halogens is 2. The molecule has 0 aliphatic heterocycles. The lowest BCUT2D eigenvalue weighted by molar-refractivity contribution is -0.132. The van der Waals surface area contributed by atoms with Crippen LogP contribution in [-0.2, 0) is 10.3 Å². The second kappa shape index (κ2) is 7.14. The van der Waals surface area contributed by atoms with Gasteiger partial charge in [0.2, 0.25) is 0 Å². The molecular formula is C19H18Cl2N2O2. The minimum Gasteiger partial charge on any atom is -0.325 e. The third kappa shape index (κ3) is 3.05. The molecule has 6 heteroatoms. The monoisotopic (exact) mass is 376 g/mol. The van der Waals surface area contributed by atoms with Gasteiger partial charge in [0.25, 0.3) is 5.91 Å². The summed E-state index contributed by atoms with van der Waals surface area (Å²) in [6, 6.07) is 10.5. The largest absolute Gasteiger partial charge is 0.325 e. The SMILES string of the molecule is CN(C(=O)c1cccnc1Cl)C1(c2ccccc2Cl)CCCCC1=O. The Bertz CT molecular complexity index is 825. The number of likely N-dealkylation sites (N-methyl/N-ethyl adjacent to an activating group) is 1. The minimum absolute atomic E-state index is 0.00251. The summed E-state index contributed by atoms with van der Waals surface area (Å²) in [4.78, 5) is 31.6. The number of rotatable bonds is 3. The Morgan fingerprint density at radius 3 is 2.60 bits per heavy atom. The zero-order chi connectivity index (χ0) is 18.0. The number of aromatic nitrogens is 1. The fraction of sp³-hybridized carbons (Fsp3) is 0.316. The summed E-state index contributed by atoms with van der Waals surface area (Å²) in [6.45, 7) is 0. The van der Waals surface area contributed by atoms with E-state index >= 15 is 0 Å². The summed E-state index contributed by atoms with van der Waals surface area (Å²) >= 11 is 12.5. The quantitative estimate of drug-likeness (QED) is 0.740. The molecule has 25 heavy (non-hydrogen) atoms. The average Bonchev–Trinajstić information content (AvgIpc) is 2.62. The molecule has 1 unspecified atom stereocenters. The average molecular weight is 377 g/mol. The van der Waals surface area contributed by atoms with Gasteiger partial charge in [0.05, 0.1) is 5.56 Å². The Hall–Kier alpha value is -1.91. The van der Waals surface area contributed by atoms with E-state index in [-0.39, 0.29) is 22.4 Å². The van der Waals surface area contributed by atoms with Gasteiger partial charge in [-0.3, -0.25) is 9.59 Å². The van der Waals surface area contributed by atoms with Gasteiger partial charge in [-0.05, 0) is 37.5 Å². The van der Waals surface area contributed by atoms with Crippen molar-refractivity contribution in [3.63, 3.8) is 0 Å². The van der Waals surface area contributed by atoms with Crippen LogP contribution >= 0.6 is 23.2 Å². The smallest absolute Gasteiger partial charge is 0.257 e. The number of carbonyl (C=O) groups excluding carboxylic acids is 2. The van der Waals surface area contributed by atoms with E-state index in [9.17, 15) is 9.59 Å². The zero-order valence-electron chi connectivity index (χ0n) is 13.8. The summed E-state index contributed by atoms with van der Waals surface area (Å²) in [5, 5.41) is 0.603. The molecule has 1 amide bonds. The highest BCUT2D eigenvalue weighted by Gasteiger charge is 2.48. The Labute approximate surface area is 156 Å². The highest BCUT2D eigenvalue weighted by atomic mass is 35.5. The summed E-state index contributed by atoms with van der Waals surface area (Å²) < 4.78 is 0. The van der Waals surface area contributed by atoms with E-state index in [1.54, 1.807) is 25.2 Å². The minimum atomic E-state index is -1.08. The molecule has 0 N–H and O–H groups in total. The van der Waals surface area contributed by atoms with Crippen molar-refractivity contribution in [2.75, 3.05) is 7.05 Å². The van der Waals surface area contributed by atoms with Gasteiger partial charge in [0.1, 0.15) is 10.7 Å². The van der Waals surface area contributed by atoms with Crippen molar-refractivity contribution in [3.8, 4) is 0 Å². The first-order valence-electron chi connectivity index (χ1n) is 8.15. The van der Waals surface area contributed by atoms with Crippen molar-refractivity contribution < 1.29 is 9.59 Å². The van der Waals surface area contributed by atoms with Gasteiger partial charge in [-0.2, -0.15) is 0 Å². The predicted octanol–water partition coefficient (Wildman–Crippen LogP) is 4.50. The number of benzene rings is 1. The highest BCUT2D eigenvalue weighted by molar-refractivity contribution is 6.33. The first kappa shape index (κ1) is 17.9. The fourth-order valence-corrected chi connectivity index (χ4v) is 4.02. The number of carbonyl (C=O) groups is 2. The van der Waals surface area contributed by atoms with E-state index in [4.69, 9.17) is 23.2 Å². The Balaban J connectivity index is 2.12. The van der Waals surface area contributed by atoms with Gasteiger partial charge >= 0.3 is 0 Å². The maximum atomic E-state index is 13.1. The molecule has 0 radical (unpaired) electrons. The van der Waals surface area contributed by atoms with Crippen LogP contribution in [-0.4, -0.2) is 28.6 Å². The molecule has 1 aromatic carbocycles. The van der Waals surface area contributed by atoms with Gasteiger partial charge in [0.15, 0.2) is 5.78 Å². The molecule has 0 spiro atoms. The van der Waals surface area contributed by atoms with Gasteiger partial charge in [0, 0.05) is 30.3 Å². The van der Waals surface area contributed by atoms with Crippen molar-refractivity contribution >= 4 is 34.9 Å². The molecular weight excluding hydrogens is 359 g/mol. The van der Waals surface area contributed by atoms with Crippen LogP contribution < -0.4 is 0 Å². The molecule has 1 aromatic heterocycles. The molecule has 1 atom stereocenters. The number of Topliss-reactive ketones (excluding diaryl/α,β-unsaturated/α-hetero) is 1. The van der Waals surface area contributed by atoms with Crippen molar-refractivity contribution in [1.82, 2.24) is 9.88 Å². The van der Waals surface area contributed by atoms with Crippen molar-refractivity contribution in [1.29, 1.82) is 0 Å². The number of hydrogen-bond donors (Lipinski definition) is 0. The lowest BCUT2D eigenvalue weighted by atomic mass is 9.74. The van der Waals surface area contributed by atoms with Crippen LogP contribution in [0.3, 0.4) is 0 Å². The fourth-order valence-electron chi connectivity index (χ4n) is 3.53. The Morgan fingerprint density at radius 2 is 1.92 bits per heavy atom. The second-order valence-corrected chi connectivity index (χ2v) is 6.94. The first-order chi connectivity index (χ1) is 12.0. The lowest BCUT2D eigenvalue weighted by Crippen LogP contribution is -2.54. The predicted molar refractivity (Wildman–Crippen MR) is 97.9 cm³/mol. The molecule has 0 bridgehead atoms. The summed E-state index contributed by atoms with van der Waals surface area (Å²) in [6.07, 6.45) is 4.14. The zero-order valence-corrected chi connectivity index (χ0v) is 15.3. The maximum absolute atomic E-state index is 13.1. The molecule has 1 fully saturated rings. The van der Waals surface area contributed by atoms with Crippen molar-refractivity contribution in [2.45, 2.75) is 31.2 Å². The Morgan fingerprint density at radius 1 is 1.16 bits per heavy atom. The maximum Gasteiger partial charge on any atom is 0.257 e. The van der Waals surface area contributed by atoms with Crippen molar-refractivity contribution in [3.05, 3.63) is 63.9 Å². The lowest BCUT2D eigenvalue weighted by Gasteiger charge is -2.44. The molecule has 2 aromatic rings. The van der Waals surface area contributed by atoms with E-state index in [1.807, 2.05) is 18.2 Å². The normalized spacial score (nSPS) is 20.4. The van der Waals surface area contributed by atoms with Gasteiger partial charge < -0.3 is 4.90 Å². The molecule has 1 aliphatic rings. The van der Waals surface area contributed by atoms with E-state index in [1.165, 1.54) is 11.1 Å². The summed E-state index contributed by atoms with van der Waals surface area (Å²) in [5.41, 5.74) is -0.138. The Kier molecular flexibility index (Phi) is 5.11. The number of amides is 1. The van der Waals surface area contributed by atoms with E-state index < -0.39 is 5.54 Å². The highest BCUT2D eigenvalue weighted by Crippen LogP contribution is 2.42. The summed E-state index contributed by atoms with van der Waals surface area (Å²) in [5.74, 6) is -0.337. The van der Waals surface area contributed by atoms with Gasteiger partial charge in [-0.15, -0.1) is 0 Å². The number of nitrogens with zero attached hydrogens (tertiary/aromatic N) is 2. The number of ketones is 1. The third-order valence-corrected chi connectivity index (χ3v) is 5.47. The van der Waals surface area contributed by atoms with Crippen LogP contribution in [0, 0.1) is 0 Å². The van der Waals surface area contributed by atoms with Crippen LogP contribution in [0.25, 0.3) is 0 Å². The van der Waals surface area contributed by atoms with Crippen molar-refractivity contribution in [2.24, 2.45) is 0 Å². The van der Waals surface area contributed by atoms with E-state index in [0.717, 1.165) is 12.8 Å². The molecule has 1 aliphatic carbocycles. The molecule has 0 saturated heterocycles. The first-order valence-corrected chi connectivity index (χ1v) is 8.91. The molecule has 1 heterocycles. The number of hydrogen-bond acceptors (Lipinski definition) is 3. The standard InChI is InChI=1S/C19H18Cl2N2O2/c1-23(18(25)13-7-6-12-22-17(13)21)19(11-5-4-10-16(19)24)14-8-2-3-9-15(14)20/h2-3,6-9,12H,4-5,10-11H2,1H3. The van der Waals surface area contributed by atoms with Gasteiger partial charge in [-0.1, -0.05) is 41.4 Å². The van der Waals surface area contributed by atoms with E-state index in [2.05, 4.69) is 4.98 Å². The van der Waals surface area contributed by atoms with Crippen LogP contribution in [0.1, 0.15) is 41.6 Å².